The minimum absolute atomic E-state index is 0.0937. The molecule has 32 heavy (non-hydrogen) atoms. The molecule has 0 saturated heterocycles. The van der Waals surface area contributed by atoms with Crippen LogP contribution in [0.3, 0.4) is 0 Å². The molecule has 10 atom stereocenters. The zero-order valence-corrected chi connectivity index (χ0v) is 21.7. The fourth-order valence-electron chi connectivity index (χ4n) is 9.67. The topological polar surface area (TPSA) is 46.5 Å². The van der Waals surface area contributed by atoms with Crippen molar-refractivity contribution >= 4 is 5.97 Å². The van der Waals surface area contributed by atoms with E-state index in [-0.39, 0.29) is 17.5 Å². The van der Waals surface area contributed by atoms with Crippen molar-refractivity contribution in [1.82, 2.24) is 0 Å². The van der Waals surface area contributed by atoms with Crippen LogP contribution in [0.1, 0.15) is 112 Å². The van der Waals surface area contributed by atoms with Crippen molar-refractivity contribution in [2.45, 2.75) is 124 Å². The van der Waals surface area contributed by atoms with Gasteiger partial charge in [-0.25, -0.2) is 0 Å². The first-order chi connectivity index (χ1) is 15.1. The Kier molecular flexibility index (Phi) is 7.08. The van der Waals surface area contributed by atoms with Gasteiger partial charge in [-0.1, -0.05) is 53.9 Å². The van der Waals surface area contributed by atoms with Gasteiger partial charge >= 0.3 is 5.97 Å². The molecular weight excluding hydrogens is 396 g/mol. The van der Waals surface area contributed by atoms with Crippen molar-refractivity contribution in [1.29, 1.82) is 0 Å². The lowest BCUT2D eigenvalue weighted by molar-refractivity contribution is -0.207. The molecule has 4 aliphatic carbocycles. The summed E-state index contributed by atoms with van der Waals surface area (Å²) in [6, 6.07) is 0. The van der Waals surface area contributed by atoms with Crippen LogP contribution >= 0.6 is 0 Å². The molecule has 0 amide bonds. The summed E-state index contributed by atoms with van der Waals surface area (Å²) in [7, 11) is 0. The van der Waals surface area contributed by atoms with Crippen molar-refractivity contribution in [2.75, 3.05) is 0 Å². The van der Waals surface area contributed by atoms with Gasteiger partial charge in [-0.2, -0.15) is 0 Å². The molecule has 4 aliphatic rings. The third kappa shape index (κ3) is 4.07. The van der Waals surface area contributed by atoms with Gasteiger partial charge in [-0.05, 0) is 98.2 Å². The molecule has 4 saturated carbocycles. The number of hydrogen-bond donors (Lipinski definition) is 1. The Morgan fingerprint density at radius 1 is 0.969 bits per heavy atom. The van der Waals surface area contributed by atoms with E-state index in [1.165, 1.54) is 64.7 Å². The lowest BCUT2D eigenvalue weighted by Crippen LogP contribution is -2.61. The summed E-state index contributed by atoms with van der Waals surface area (Å²) < 4.78 is 5.62. The zero-order valence-electron chi connectivity index (χ0n) is 21.7. The van der Waals surface area contributed by atoms with E-state index in [9.17, 15) is 9.90 Å². The second kappa shape index (κ2) is 9.23. The number of carbonyl (C=O) groups excluding carboxylic acids is 1. The van der Waals surface area contributed by atoms with Crippen LogP contribution in [0, 0.1) is 52.3 Å². The molecule has 0 spiro atoms. The van der Waals surface area contributed by atoms with Gasteiger partial charge in [0.2, 0.25) is 0 Å². The quantitative estimate of drug-likeness (QED) is 0.446. The van der Waals surface area contributed by atoms with E-state index < -0.39 is 6.10 Å². The van der Waals surface area contributed by atoms with Crippen molar-refractivity contribution in [3.8, 4) is 0 Å². The van der Waals surface area contributed by atoms with Gasteiger partial charge in [0.05, 0.1) is 6.10 Å². The molecule has 0 aromatic rings. The third-order valence-electron chi connectivity index (χ3n) is 11.3. The molecule has 0 aromatic carbocycles. The van der Waals surface area contributed by atoms with Crippen LogP contribution in [0.2, 0.25) is 0 Å². The molecular formula is C29H50O3. The Balaban J connectivity index is 1.50. The highest BCUT2D eigenvalue weighted by atomic mass is 16.6. The predicted octanol–water partition coefficient (Wildman–Crippen LogP) is 7.01. The van der Waals surface area contributed by atoms with Crippen LogP contribution in [0.5, 0.6) is 0 Å². The molecule has 1 N–H and O–H groups in total. The van der Waals surface area contributed by atoms with E-state index in [0.717, 1.165) is 42.4 Å². The van der Waals surface area contributed by atoms with E-state index in [0.29, 0.717) is 17.3 Å². The Morgan fingerprint density at radius 3 is 2.38 bits per heavy atom. The molecule has 0 radical (unpaired) electrons. The van der Waals surface area contributed by atoms with Gasteiger partial charge < -0.3 is 9.84 Å². The zero-order chi connectivity index (χ0) is 23.3. The highest BCUT2D eigenvalue weighted by Gasteiger charge is 2.63. The molecule has 4 fully saturated rings. The molecule has 184 valence electrons. The predicted molar refractivity (Wildman–Crippen MR) is 130 cm³/mol. The second-order valence-corrected chi connectivity index (χ2v) is 13.2. The summed E-state index contributed by atoms with van der Waals surface area (Å²) in [4.78, 5) is 11.7. The summed E-state index contributed by atoms with van der Waals surface area (Å²) in [6.07, 6.45) is 13.2. The van der Waals surface area contributed by atoms with E-state index in [1.807, 2.05) is 0 Å². The summed E-state index contributed by atoms with van der Waals surface area (Å²) in [5.74, 6) is 5.01. The van der Waals surface area contributed by atoms with Crippen LogP contribution in [0.4, 0.5) is 0 Å². The number of ether oxygens (including phenoxy) is 1. The molecule has 0 unspecified atom stereocenters. The van der Waals surface area contributed by atoms with Gasteiger partial charge in [0.1, 0.15) is 6.10 Å². The van der Waals surface area contributed by atoms with Gasteiger partial charge in [-0.3, -0.25) is 4.79 Å². The summed E-state index contributed by atoms with van der Waals surface area (Å²) in [6.45, 7) is 13.7. The van der Waals surface area contributed by atoms with E-state index >= 15 is 0 Å². The molecule has 0 aliphatic heterocycles. The van der Waals surface area contributed by atoms with Gasteiger partial charge in [0.25, 0.3) is 0 Å². The molecule has 3 nitrogen and oxygen atoms in total. The molecule has 0 heterocycles. The van der Waals surface area contributed by atoms with E-state index in [4.69, 9.17) is 4.74 Å². The van der Waals surface area contributed by atoms with Crippen molar-refractivity contribution in [3.05, 3.63) is 0 Å². The average molecular weight is 447 g/mol. The summed E-state index contributed by atoms with van der Waals surface area (Å²) in [5.41, 5.74) is 0.389. The highest BCUT2D eigenvalue weighted by molar-refractivity contribution is 5.66. The first kappa shape index (κ1) is 24.6. The summed E-state index contributed by atoms with van der Waals surface area (Å²) in [5, 5.41) is 11.5. The Bertz CT molecular complexity index is 673. The van der Waals surface area contributed by atoms with Gasteiger partial charge in [-0.15, -0.1) is 0 Å². The minimum Gasteiger partial charge on any atom is -0.460 e. The maximum atomic E-state index is 11.7. The maximum Gasteiger partial charge on any atom is 0.302 e. The smallest absolute Gasteiger partial charge is 0.302 e. The van der Waals surface area contributed by atoms with Crippen molar-refractivity contribution in [2.24, 2.45) is 52.3 Å². The average Bonchev–Trinajstić information content (AvgIpc) is 3.07. The van der Waals surface area contributed by atoms with Crippen molar-refractivity contribution in [3.63, 3.8) is 0 Å². The standard InChI is InChI=1S/C29H50O3/c1-18(2)8-7-9-19(3)23-13-14-24-22-12-10-21-11-15-26(32-20(4)30)27(31)29(21,6)25(22)16-17-28(23,24)5/h18-19,21-27,31H,7-17H2,1-6H3/t19-,21+,22+,23-,24+,25+,26+,27+,28-,29+/m1/s1. The maximum absolute atomic E-state index is 11.7. The number of fused-ring (bicyclic) bond motifs is 5. The lowest BCUT2D eigenvalue weighted by Gasteiger charge is -2.62. The number of rotatable bonds is 6. The van der Waals surface area contributed by atoms with Gasteiger partial charge in [0.15, 0.2) is 0 Å². The number of hydrogen-bond acceptors (Lipinski definition) is 3. The Hall–Kier alpha value is -0.570. The number of carbonyl (C=O) groups is 1. The fourth-order valence-corrected chi connectivity index (χ4v) is 9.67. The summed E-state index contributed by atoms with van der Waals surface area (Å²) >= 11 is 0. The second-order valence-electron chi connectivity index (χ2n) is 13.2. The SMILES string of the molecule is CC(=O)O[C@H]1CC[C@@H]2CC[C@H]3[C@@H]4CC[C@H]([C@H](C)CCCC(C)C)[C@@]4(C)CC[C@@H]3[C@@]2(C)[C@H]1O. The largest absolute Gasteiger partial charge is 0.460 e. The Morgan fingerprint density at radius 2 is 1.69 bits per heavy atom. The van der Waals surface area contributed by atoms with Crippen LogP contribution in [0.15, 0.2) is 0 Å². The number of aliphatic hydroxyl groups is 1. The number of aliphatic hydroxyl groups excluding tert-OH is 1. The van der Waals surface area contributed by atoms with Crippen LogP contribution in [0.25, 0.3) is 0 Å². The van der Waals surface area contributed by atoms with E-state index in [1.54, 1.807) is 0 Å². The third-order valence-corrected chi connectivity index (χ3v) is 11.3. The number of esters is 1. The van der Waals surface area contributed by atoms with Crippen LogP contribution < -0.4 is 0 Å². The normalized spacial score (nSPS) is 46.8. The first-order valence-corrected chi connectivity index (χ1v) is 13.9. The van der Waals surface area contributed by atoms with Crippen molar-refractivity contribution < 1.29 is 14.6 Å². The van der Waals surface area contributed by atoms with Crippen LogP contribution in [-0.2, 0) is 9.53 Å². The fraction of sp³-hybridized carbons (Fsp3) is 0.966. The van der Waals surface area contributed by atoms with E-state index in [2.05, 4.69) is 34.6 Å². The van der Waals surface area contributed by atoms with Gasteiger partial charge in [0, 0.05) is 12.3 Å². The monoisotopic (exact) mass is 446 g/mol. The van der Waals surface area contributed by atoms with Crippen LogP contribution in [-0.4, -0.2) is 23.3 Å². The Labute approximate surface area is 197 Å². The molecule has 0 aromatic heterocycles. The first-order valence-electron chi connectivity index (χ1n) is 13.9. The minimum atomic E-state index is -0.505. The molecule has 0 bridgehead atoms. The molecule has 4 rings (SSSR count). The highest BCUT2D eigenvalue weighted by Crippen LogP contribution is 2.68. The lowest BCUT2D eigenvalue weighted by atomic mass is 9.43. The molecule has 3 heteroatoms.